The van der Waals surface area contributed by atoms with Crippen molar-refractivity contribution in [1.29, 1.82) is 0 Å². The minimum atomic E-state index is -0.186. The van der Waals surface area contributed by atoms with Gasteiger partial charge in [0.2, 0.25) is 0 Å². The lowest BCUT2D eigenvalue weighted by Crippen LogP contribution is -2.18. The zero-order valence-corrected chi connectivity index (χ0v) is 8.92. The molecule has 0 radical (unpaired) electrons. The molecule has 0 fully saturated rings. The fourth-order valence-corrected chi connectivity index (χ4v) is 1.33. The molecule has 2 heteroatoms. The molecule has 0 aliphatic heterocycles. The molecule has 66 valence electrons. The van der Waals surface area contributed by atoms with Crippen molar-refractivity contribution in [3.05, 3.63) is 0 Å². The highest BCUT2D eigenvalue weighted by Crippen LogP contribution is 2.26. The first-order chi connectivity index (χ1) is 4.88. The van der Waals surface area contributed by atoms with Gasteiger partial charge in [-0.15, -0.1) is 0 Å². The van der Waals surface area contributed by atoms with Crippen molar-refractivity contribution in [3.8, 4) is 0 Å². The normalized spacial score (nSPS) is 14.6. The summed E-state index contributed by atoms with van der Waals surface area (Å²) < 4.78 is 0. The molecule has 0 aromatic heterocycles. The Kier molecular flexibility index (Phi) is 4.16. The number of hydrogen-bond acceptors (Lipinski definition) is 2. The third-order valence-electron chi connectivity index (χ3n) is 1.50. The molecule has 11 heavy (non-hydrogen) atoms. The Bertz CT molecular complexity index is 135. The quantitative estimate of drug-likeness (QED) is 0.640. The average molecular weight is 174 g/mol. The van der Waals surface area contributed by atoms with Gasteiger partial charge in [0.25, 0.3) is 0 Å². The summed E-state index contributed by atoms with van der Waals surface area (Å²) in [6.45, 7) is 10.1. The zero-order chi connectivity index (χ0) is 9.07. The second-order valence-electron chi connectivity index (χ2n) is 3.87. The fraction of sp³-hybridized carbons (Fsp3) is 0.889. The van der Waals surface area contributed by atoms with Gasteiger partial charge in [0.1, 0.15) is 0 Å². The number of hydrogen-bond donors (Lipinski definition) is 0. The molecule has 0 amide bonds. The Hall–Kier alpha value is 0.0200. The van der Waals surface area contributed by atoms with Gasteiger partial charge in [0.15, 0.2) is 5.12 Å². The van der Waals surface area contributed by atoms with E-state index in [9.17, 15) is 4.79 Å². The predicted octanol–water partition coefficient (Wildman–Crippen LogP) is 3.09. The van der Waals surface area contributed by atoms with Gasteiger partial charge < -0.3 is 0 Å². The van der Waals surface area contributed by atoms with Crippen molar-refractivity contribution in [1.82, 2.24) is 0 Å². The number of carbonyl (C=O) groups is 1. The maximum atomic E-state index is 11.4. The molecule has 0 saturated carbocycles. The Morgan fingerprint density at radius 1 is 1.45 bits per heavy atom. The molecule has 0 aliphatic rings. The van der Waals surface area contributed by atoms with Crippen LogP contribution in [0.2, 0.25) is 0 Å². The van der Waals surface area contributed by atoms with E-state index in [4.69, 9.17) is 0 Å². The minimum absolute atomic E-state index is 0.186. The summed E-state index contributed by atoms with van der Waals surface area (Å²) in [5.41, 5.74) is -0.186. The molecule has 0 N–H and O–H groups in total. The van der Waals surface area contributed by atoms with Crippen LogP contribution in [0.15, 0.2) is 0 Å². The van der Waals surface area contributed by atoms with Gasteiger partial charge in [-0.05, 0) is 6.42 Å². The van der Waals surface area contributed by atoms with Crippen LogP contribution in [0.3, 0.4) is 0 Å². The molecule has 1 nitrogen and oxygen atoms in total. The molecule has 0 aromatic rings. The van der Waals surface area contributed by atoms with Crippen molar-refractivity contribution in [3.63, 3.8) is 0 Å². The number of carbonyl (C=O) groups excluding carboxylic acids is 1. The van der Waals surface area contributed by atoms with Gasteiger partial charge >= 0.3 is 0 Å². The first-order valence-corrected chi connectivity index (χ1v) is 4.97. The van der Waals surface area contributed by atoms with E-state index in [0.717, 1.165) is 6.42 Å². The van der Waals surface area contributed by atoms with Crippen LogP contribution in [-0.2, 0) is 4.79 Å². The molecule has 0 saturated heterocycles. The molecule has 0 spiro atoms. The molecule has 0 heterocycles. The van der Waals surface area contributed by atoms with Crippen molar-refractivity contribution in [2.45, 2.75) is 46.3 Å². The van der Waals surface area contributed by atoms with E-state index in [-0.39, 0.29) is 5.41 Å². The molecule has 0 rings (SSSR count). The van der Waals surface area contributed by atoms with Crippen LogP contribution in [0, 0.1) is 5.41 Å². The maximum absolute atomic E-state index is 11.4. The number of rotatable bonds is 2. The van der Waals surface area contributed by atoms with Gasteiger partial charge in [-0.1, -0.05) is 46.4 Å². The maximum Gasteiger partial charge on any atom is 0.194 e. The topological polar surface area (TPSA) is 17.1 Å². The van der Waals surface area contributed by atoms with Gasteiger partial charge in [-0.3, -0.25) is 4.79 Å². The van der Waals surface area contributed by atoms with Crippen LogP contribution in [-0.4, -0.2) is 10.4 Å². The summed E-state index contributed by atoms with van der Waals surface area (Å²) in [4.78, 5) is 11.4. The van der Waals surface area contributed by atoms with Gasteiger partial charge in [0, 0.05) is 10.7 Å². The van der Waals surface area contributed by atoms with Gasteiger partial charge in [-0.2, -0.15) is 0 Å². The fourth-order valence-electron chi connectivity index (χ4n) is 0.443. The van der Waals surface area contributed by atoms with Gasteiger partial charge in [0.05, 0.1) is 0 Å². The minimum Gasteiger partial charge on any atom is -0.287 e. The summed E-state index contributed by atoms with van der Waals surface area (Å²) in [6, 6.07) is 0. The second-order valence-corrected chi connectivity index (χ2v) is 5.29. The highest BCUT2D eigenvalue weighted by atomic mass is 32.2. The highest BCUT2D eigenvalue weighted by Gasteiger charge is 2.22. The molecule has 1 unspecified atom stereocenters. The first-order valence-electron chi connectivity index (χ1n) is 4.09. The van der Waals surface area contributed by atoms with E-state index in [1.165, 1.54) is 11.8 Å². The SMILES string of the molecule is CCC(C)SC(=O)C(C)(C)C. The summed E-state index contributed by atoms with van der Waals surface area (Å²) in [6.07, 6.45) is 1.06. The monoisotopic (exact) mass is 174 g/mol. The van der Waals surface area contributed by atoms with E-state index >= 15 is 0 Å². The van der Waals surface area contributed by atoms with E-state index < -0.39 is 0 Å². The average Bonchev–Trinajstić information content (AvgIpc) is 1.85. The second kappa shape index (κ2) is 4.15. The Balaban J connectivity index is 3.88. The van der Waals surface area contributed by atoms with Crippen molar-refractivity contribution >= 4 is 16.9 Å². The lowest BCUT2D eigenvalue weighted by atomic mass is 10.00. The Morgan fingerprint density at radius 3 is 2.18 bits per heavy atom. The van der Waals surface area contributed by atoms with Crippen molar-refractivity contribution in [2.75, 3.05) is 0 Å². The Morgan fingerprint density at radius 2 is 1.91 bits per heavy atom. The number of thioether (sulfide) groups is 1. The van der Waals surface area contributed by atoms with Crippen molar-refractivity contribution < 1.29 is 4.79 Å². The van der Waals surface area contributed by atoms with Crippen LogP contribution >= 0.6 is 11.8 Å². The first kappa shape index (κ1) is 11.0. The molecular formula is C9H18OS. The molecule has 0 aromatic carbocycles. The van der Waals surface area contributed by atoms with Crippen LogP contribution in [0.4, 0.5) is 0 Å². The van der Waals surface area contributed by atoms with Crippen LogP contribution in [0.5, 0.6) is 0 Å². The predicted molar refractivity (Wildman–Crippen MR) is 51.8 cm³/mol. The highest BCUT2D eigenvalue weighted by molar-refractivity contribution is 8.14. The van der Waals surface area contributed by atoms with Crippen LogP contribution < -0.4 is 0 Å². The summed E-state index contributed by atoms with van der Waals surface area (Å²) >= 11 is 1.47. The standard InChI is InChI=1S/C9H18OS/c1-6-7(2)11-8(10)9(3,4)5/h7H,6H2,1-5H3. The molecular weight excluding hydrogens is 156 g/mol. The van der Waals surface area contributed by atoms with E-state index in [1.807, 2.05) is 20.8 Å². The summed E-state index contributed by atoms with van der Waals surface area (Å²) in [5, 5.41) is 0.758. The zero-order valence-electron chi connectivity index (χ0n) is 8.10. The van der Waals surface area contributed by atoms with Crippen molar-refractivity contribution in [2.24, 2.45) is 5.41 Å². The Labute approximate surface area is 73.9 Å². The lowest BCUT2D eigenvalue weighted by Gasteiger charge is -2.17. The van der Waals surface area contributed by atoms with Crippen LogP contribution in [0.1, 0.15) is 41.0 Å². The largest absolute Gasteiger partial charge is 0.287 e. The summed E-state index contributed by atoms with van der Waals surface area (Å²) in [7, 11) is 0. The lowest BCUT2D eigenvalue weighted by molar-refractivity contribution is -0.117. The molecule has 0 bridgehead atoms. The van der Waals surface area contributed by atoms with E-state index in [0.29, 0.717) is 10.4 Å². The third-order valence-corrected chi connectivity index (χ3v) is 3.06. The molecule has 1 atom stereocenters. The van der Waals surface area contributed by atoms with E-state index in [2.05, 4.69) is 13.8 Å². The summed E-state index contributed by atoms with van der Waals surface area (Å²) in [5.74, 6) is 0. The van der Waals surface area contributed by atoms with Gasteiger partial charge in [-0.25, -0.2) is 0 Å². The van der Waals surface area contributed by atoms with E-state index in [1.54, 1.807) is 0 Å². The molecule has 0 aliphatic carbocycles. The van der Waals surface area contributed by atoms with Crippen LogP contribution in [0.25, 0.3) is 0 Å². The smallest absolute Gasteiger partial charge is 0.194 e. The third kappa shape index (κ3) is 4.46.